The summed E-state index contributed by atoms with van der Waals surface area (Å²) in [5.41, 5.74) is -0.762. The molecule has 2 amide bonds. The van der Waals surface area contributed by atoms with Crippen LogP contribution in [0.2, 0.25) is 0 Å². The fourth-order valence-corrected chi connectivity index (χ4v) is 6.00. The number of benzene rings is 3. The molecule has 6 rings (SSSR count). The number of rotatable bonds is 3. The molecule has 2 fully saturated rings. The van der Waals surface area contributed by atoms with Crippen LogP contribution in [0.3, 0.4) is 0 Å². The minimum Gasteiger partial charge on any atom is -0.497 e. The maximum absolute atomic E-state index is 13.9. The van der Waals surface area contributed by atoms with Crippen molar-refractivity contribution in [2.45, 2.75) is 11.7 Å². The van der Waals surface area contributed by atoms with Crippen LogP contribution >= 0.6 is 15.9 Å². The van der Waals surface area contributed by atoms with Gasteiger partial charge in [-0.1, -0.05) is 58.4 Å². The van der Waals surface area contributed by atoms with Crippen molar-refractivity contribution in [3.05, 3.63) is 94.0 Å². The molecule has 0 aromatic heterocycles. The average Bonchev–Trinajstić information content (AvgIpc) is 3.44. The number of carbonyl (C=O) groups excluding carboxylic acids is 4. The molecule has 35 heavy (non-hydrogen) atoms. The molecule has 8 heteroatoms. The number of carbonyl (C=O) groups is 4. The lowest BCUT2D eigenvalue weighted by Gasteiger charge is -2.27. The molecule has 3 aromatic carbocycles. The van der Waals surface area contributed by atoms with E-state index in [0.717, 1.165) is 4.90 Å². The summed E-state index contributed by atoms with van der Waals surface area (Å²) in [6, 6.07) is 20.0. The van der Waals surface area contributed by atoms with Gasteiger partial charge in [-0.2, -0.15) is 0 Å². The van der Waals surface area contributed by atoms with Crippen molar-refractivity contribution in [3.8, 4) is 5.75 Å². The van der Waals surface area contributed by atoms with Crippen LogP contribution in [-0.2, 0) is 14.3 Å². The van der Waals surface area contributed by atoms with Crippen molar-refractivity contribution in [2.75, 3.05) is 12.0 Å². The van der Waals surface area contributed by atoms with Crippen molar-refractivity contribution in [1.29, 1.82) is 0 Å². The first-order chi connectivity index (χ1) is 16.9. The number of hydrogen-bond donors (Lipinski definition) is 0. The monoisotopic (exact) mass is 531 g/mol. The highest BCUT2D eigenvalue weighted by molar-refractivity contribution is 9.10. The van der Waals surface area contributed by atoms with E-state index in [9.17, 15) is 19.2 Å². The first-order valence-corrected chi connectivity index (χ1v) is 11.8. The number of ketones is 2. The topological polar surface area (TPSA) is 90.0 Å². The third kappa shape index (κ3) is 2.81. The van der Waals surface area contributed by atoms with Gasteiger partial charge in [0, 0.05) is 15.6 Å². The van der Waals surface area contributed by atoms with Crippen LogP contribution in [-0.4, -0.2) is 36.1 Å². The predicted molar refractivity (Wildman–Crippen MR) is 128 cm³/mol. The average molecular weight is 532 g/mol. The van der Waals surface area contributed by atoms with Crippen LogP contribution in [0.4, 0.5) is 5.69 Å². The largest absolute Gasteiger partial charge is 0.497 e. The number of amides is 2. The predicted octanol–water partition coefficient (Wildman–Crippen LogP) is 4.15. The van der Waals surface area contributed by atoms with Crippen molar-refractivity contribution >= 4 is 45.0 Å². The van der Waals surface area contributed by atoms with Gasteiger partial charge in [0.2, 0.25) is 29.0 Å². The Morgan fingerprint density at radius 1 is 0.829 bits per heavy atom. The molecule has 2 saturated heterocycles. The molecule has 0 saturated carbocycles. The molecule has 174 valence electrons. The molecular formula is C27H18BrNO6. The zero-order valence-corrected chi connectivity index (χ0v) is 20.0. The number of nitrogens with zero attached hydrogens (tertiary/aromatic N) is 1. The Hall–Kier alpha value is -3.62. The molecule has 3 atom stereocenters. The molecule has 7 nitrogen and oxygen atoms in total. The molecule has 3 aliphatic rings. The van der Waals surface area contributed by atoms with Gasteiger partial charge in [-0.3, -0.25) is 19.2 Å². The molecule has 2 aliphatic heterocycles. The maximum atomic E-state index is 13.9. The van der Waals surface area contributed by atoms with Crippen LogP contribution in [0.25, 0.3) is 0 Å². The van der Waals surface area contributed by atoms with E-state index < -0.39 is 46.9 Å². The van der Waals surface area contributed by atoms with Gasteiger partial charge in [0.15, 0.2) is 0 Å². The second kappa shape index (κ2) is 7.69. The number of imide groups is 1. The van der Waals surface area contributed by atoms with E-state index in [0.29, 0.717) is 21.5 Å². The van der Waals surface area contributed by atoms with E-state index in [-0.39, 0.29) is 11.1 Å². The van der Waals surface area contributed by atoms with Crippen LogP contribution in [0, 0.1) is 11.8 Å². The third-order valence-electron chi connectivity index (χ3n) is 7.06. The smallest absolute Gasteiger partial charge is 0.241 e. The summed E-state index contributed by atoms with van der Waals surface area (Å²) in [5.74, 6) is -4.09. The Morgan fingerprint density at radius 3 is 2.03 bits per heavy atom. The number of Topliss-reactive ketones (excluding diaryl/α,β-unsaturated/α-hetero) is 2. The first kappa shape index (κ1) is 21.9. The lowest BCUT2D eigenvalue weighted by Crippen LogP contribution is -2.51. The maximum Gasteiger partial charge on any atom is 0.241 e. The summed E-state index contributed by atoms with van der Waals surface area (Å²) in [7, 11) is 1.52. The summed E-state index contributed by atoms with van der Waals surface area (Å²) in [6.45, 7) is 0. The number of methoxy groups -OCH3 is 1. The molecule has 2 heterocycles. The lowest BCUT2D eigenvalue weighted by atomic mass is 9.77. The highest BCUT2D eigenvalue weighted by atomic mass is 79.9. The first-order valence-electron chi connectivity index (χ1n) is 11.0. The normalized spacial score (nSPS) is 24.3. The quantitative estimate of drug-likeness (QED) is 0.372. The van der Waals surface area contributed by atoms with E-state index in [4.69, 9.17) is 9.47 Å². The van der Waals surface area contributed by atoms with E-state index in [1.165, 1.54) is 7.11 Å². The fourth-order valence-electron chi connectivity index (χ4n) is 5.49. The van der Waals surface area contributed by atoms with Gasteiger partial charge in [0.1, 0.15) is 5.75 Å². The second-order valence-corrected chi connectivity index (χ2v) is 9.57. The molecule has 0 radical (unpaired) electrons. The van der Waals surface area contributed by atoms with E-state index in [2.05, 4.69) is 15.9 Å². The summed E-state index contributed by atoms with van der Waals surface area (Å²) in [5, 5.41) is 0. The third-order valence-corrected chi connectivity index (χ3v) is 7.78. The summed E-state index contributed by atoms with van der Waals surface area (Å²) in [4.78, 5) is 56.3. The standard InChI is InChI=1S/C27H18BrNO6/c1-34-15-12-10-14(11-13-15)29-25(32)20-21(26(29)33)27(35-22(20)18-8-4-5-9-19(18)28)23(30)16-6-2-3-7-17(16)24(27)31/h2-13,20-22H,1H3/t20-,21+,22-/m1/s1. The van der Waals surface area contributed by atoms with Crippen LogP contribution in [0.5, 0.6) is 5.75 Å². The van der Waals surface area contributed by atoms with Gasteiger partial charge in [-0.15, -0.1) is 0 Å². The molecule has 3 aromatic rings. The second-order valence-electron chi connectivity index (χ2n) is 8.71. The van der Waals surface area contributed by atoms with Gasteiger partial charge in [0.25, 0.3) is 0 Å². The Bertz CT molecular complexity index is 1400. The zero-order valence-electron chi connectivity index (χ0n) is 18.4. The minimum absolute atomic E-state index is 0.201. The Kier molecular flexibility index (Phi) is 4.81. The Morgan fingerprint density at radius 2 is 1.43 bits per heavy atom. The molecule has 0 unspecified atom stereocenters. The molecule has 0 bridgehead atoms. The number of anilines is 1. The van der Waals surface area contributed by atoms with Crippen molar-refractivity contribution in [2.24, 2.45) is 11.8 Å². The fraction of sp³-hybridized carbons (Fsp3) is 0.185. The van der Waals surface area contributed by atoms with Crippen molar-refractivity contribution in [1.82, 2.24) is 0 Å². The van der Waals surface area contributed by atoms with Crippen LogP contribution in [0.1, 0.15) is 32.4 Å². The summed E-state index contributed by atoms with van der Waals surface area (Å²) >= 11 is 3.50. The highest BCUT2D eigenvalue weighted by Crippen LogP contribution is 2.58. The zero-order chi connectivity index (χ0) is 24.5. The van der Waals surface area contributed by atoms with Crippen LogP contribution < -0.4 is 9.64 Å². The number of halogens is 1. The van der Waals surface area contributed by atoms with Gasteiger partial charge >= 0.3 is 0 Å². The Labute approximate surface area is 208 Å². The van der Waals surface area contributed by atoms with E-state index in [1.54, 1.807) is 66.7 Å². The number of ether oxygens (including phenoxy) is 2. The van der Waals surface area contributed by atoms with Gasteiger partial charge in [-0.25, -0.2) is 4.90 Å². The number of hydrogen-bond acceptors (Lipinski definition) is 6. The molecule has 1 spiro atoms. The van der Waals surface area contributed by atoms with Gasteiger partial charge < -0.3 is 9.47 Å². The molecule has 0 N–H and O–H groups in total. The van der Waals surface area contributed by atoms with Crippen molar-refractivity contribution < 1.29 is 28.7 Å². The van der Waals surface area contributed by atoms with Crippen LogP contribution in [0.15, 0.2) is 77.3 Å². The van der Waals surface area contributed by atoms with Gasteiger partial charge in [0.05, 0.1) is 30.7 Å². The summed E-state index contributed by atoms with van der Waals surface area (Å²) in [6.07, 6.45) is -0.975. The Balaban J connectivity index is 1.54. The van der Waals surface area contributed by atoms with Crippen molar-refractivity contribution in [3.63, 3.8) is 0 Å². The number of fused-ring (bicyclic) bond motifs is 3. The lowest BCUT2D eigenvalue weighted by molar-refractivity contribution is -0.127. The van der Waals surface area contributed by atoms with Gasteiger partial charge in [-0.05, 0) is 35.9 Å². The minimum atomic E-state index is -2.09. The molecule has 1 aliphatic carbocycles. The highest BCUT2D eigenvalue weighted by Gasteiger charge is 2.74. The summed E-state index contributed by atoms with van der Waals surface area (Å²) < 4.78 is 12.1. The van der Waals surface area contributed by atoms with E-state index in [1.807, 2.05) is 6.07 Å². The van der Waals surface area contributed by atoms with E-state index >= 15 is 0 Å². The SMILES string of the molecule is COc1ccc(N2C(=O)[C@H]3[C@@H](c4ccccc4Br)OC4(C(=O)c5ccccc5C4=O)[C@@H]3C2=O)cc1. The molecular weight excluding hydrogens is 514 g/mol.